The molecule has 1 aliphatic heterocycles. The molecular weight excluding hydrogens is 244 g/mol. The molecule has 0 amide bonds. The first-order chi connectivity index (χ1) is 9.81. The van der Waals surface area contributed by atoms with Crippen LogP contribution in [0, 0.1) is 5.92 Å². The molecule has 2 fully saturated rings. The van der Waals surface area contributed by atoms with E-state index in [1.165, 1.54) is 50.9 Å². The second-order valence-corrected chi connectivity index (χ2v) is 6.72. The van der Waals surface area contributed by atoms with Crippen LogP contribution in [0.2, 0.25) is 0 Å². The van der Waals surface area contributed by atoms with E-state index < -0.39 is 0 Å². The first-order valence-electron chi connectivity index (χ1n) is 8.33. The second kappa shape index (κ2) is 6.73. The third-order valence-corrected chi connectivity index (χ3v) is 4.81. The summed E-state index contributed by atoms with van der Waals surface area (Å²) in [6, 6.07) is 9.15. The first kappa shape index (κ1) is 14.1. The number of nitrogens with zero attached hydrogens (tertiary/aromatic N) is 1. The van der Waals surface area contributed by atoms with E-state index in [1.807, 2.05) is 0 Å². The van der Waals surface area contributed by atoms with Crippen LogP contribution in [0.5, 0.6) is 0 Å². The van der Waals surface area contributed by atoms with E-state index in [4.69, 9.17) is 0 Å². The van der Waals surface area contributed by atoms with Crippen LogP contribution in [0.1, 0.15) is 49.7 Å². The van der Waals surface area contributed by atoms with Gasteiger partial charge in [-0.05, 0) is 61.7 Å². The highest BCUT2D eigenvalue weighted by Crippen LogP contribution is 2.40. The Morgan fingerprint density at radius 3 is 2.70 bits per heavy atom. The van der Waals surface area contributed by atoms with E-state index in [0.29, 0.717) is 0 Å². The van der Waals surface area contributed by atoms with Crippen LogP contribution in [0.15, 0.2) is 24.3 Å². The van der Waals surface area contributed by atoms with E-state index in [2.05, 4.69) is 41.4 Å². The quantitative estimate of drug-likeness (QED) is 0.799. The molecule has 110 valence electrons. The van der Waals surface area contributed by atoms with Gasteiger partial charge in [-0.1, -0.05) is 31.2 Å². The monoisotopic (exact) mass is 272 g/mol. The molecule has 0 radical (unpaired) electrons. The van der Waals surface area contributed by atoms with Gasteiger partial charge in [-0.2, -0.15) is 0 Å². The van der Waals surface area contributed by atoms with Crippen LogP contribution in [0.25, 0.3) is 0 Å². The van der Waals surface area contributed by atoms with E-state index in [0.717, 1.165) is 24.9 Å². The van der Waals surface area contributed by atoms with Gasteiger partial charge in [-0.15, -0.1) is 0 Å². The van der Waals surface area contributed by atoms with Crippen molar-refractivity contribution >= 4 is 0 Å². The maximum Gasteiger partial charge on any atom is 0.0206 e. The minimum atomic E-state index is 0.866. The standard InChI is InChI=1S/C18H28N2/c1-15-7-10-20(11-8-15)12-9-19-14-16-3-2-4-18(13-16)17-5-6-17/h2-4,13,15,17,19H,5-12,14H2,1H3. The van der Waals surface area contributed by atoms with Crippen molar-refractivity contribution in [3.63, 3.8) is 0 Å². The first-order valence-corrected chi connectivity index (χ1v) is 8.33. The smallest absolute Gasteiger partial charge is 0.0206 e. The van der Waals surface area contributed by atoms with E-state index in [-0.39, 0.29) is 0 Å². The molecule has 2 heteroatoms. The molecule has 1 aliphatic carbocycles. The summed E-state index contributed by atoms with van der Waals surface area (Å²) in [7, 11) is 0. The normalized spacial score (nSPS) is 21.2. The van der Waals surface area contributed by atoms with Gasteiger partial charge in [0.25, 0.3) is 0 Å². The average molecular weight is 272 g/mol. The SMILES string of the molecule is CC1CCN(CCNCc2cccc(C3CC3)c2)CC1. The summed E-state index contributed by atoms with van der Waals surface area (Å²) >= 11 is 0. The molecule has 1 aromatic rings. The lowest BCUT2D eigenvalue weighted by Gasteiger charge is -2.30. The van der Waals surface area contributed by atoms with E-state index in [9.17, 15) is 0 Å². The maximum absolute atomic E-state index is 3.61. The van der Waals surface area contributed by atoms with Crippen molar-refractivity contribution in [3.8, 4) is 0 Å². The third kappa shape index (κ3) is 4.07. The number of hydrogen-bond donors (Lipinski definition) is 1. The molecule has 0 spiro atoms. The average Bonchev–Trinajstić information content (AvgIpc) is 3.30. The summed E-state index contributed by atoms with van der Waals surface area (Å²) in [4.78, 5) is 2.60. The zero-order valence-corrected chi connectivity index (χ0v) is 12.8. The van der Waals surface area contributed by atoms with Gasteiger partial charge in [0.2, 0.25) is 0 Å². The summed E-state index contributed by atoms with van der Waals surface area (Å²) < 4.78 is 0. The van der Waals surface area contributed by atoms with Gasteiger partial charge in [0.1, 0.15) is 0 Å². The van der Waals surface area contributed by atoms with Crippen LogP contribution in [0.3, 0.4) is 0 Å². The molecule has 2 aliphatic rings. The zero-order valence-electron chi connectivity index (χ0n) is 12.8. The van der Waals surface area contributed by atoms with Crippen molar-refractivity contribution in [2.75, 3.05) is 26.2 Å². The number of rotatable bonds is 6. The molecule has 2 nitrogen and oxygen atoms in total. The lowest BCUT2D eigenvalue weighted by molar-refractivity contribution is 0.193. The summed E-state index contributed by atoms with van der Waals surface area (Å²) in [6.45, 7) is 8.30. The molecule has 0 aromatic heterocycles. The number of piperidine rings is 1. The van der Waals surface area contributed by atoms with Gasteiger partial charge in [0.15, 0.2) is 0 Å². The molecule has 0 atom stereocenters. The molecule has 0 bridgehead atoms. The molecule has 1 heterocycles. The fourth-order valence-corrected chi connectivity index (χ4v) is 3.13. The Hall–Kier alpha value is -0.860. The molecule has 1 saturated carbocycles. The van der Waals surface area contributed by atoms with Gasteiger partial charge < -0.3 is 10.2 Å². The molecule has 0 unspecified atom stereocenters. The van der Waals surface area contributed by atoms with E-state index in [1.54, 1.807) is 5.56 Å². The molecule has 3 rings (SSSR count). The fraction of sp³-hybridized carbons (Fsp3) is 0.667. The van der Waals surface area contributed by atoms with Crippen molar-refractivity contribution in [1.29, 1.82) is 0 Å². The molecular formula is C18H28N2. The minimum Gasteiger partial charge on any atom is -0.311 e. The van der Waals surface area contributed by atoms with Crippen LogP contribution in [0.4, 0.5) is 0 Å². The molecule has 1 N–H and O–H groups in total. The highest BCUT2D eigenvalue weighted by Gasteiger charge is 2.23. The molecule has 1 saturated heterocycles. The predicted molar refractivity (Wildman–Crippen MR) is 85.0 cm³/mol. The van der Waals surface area contributed by atoms with Crippen molar-refractivity contribution < 1.29 is 0 Å². The Kier molecular flexibility index (Phi) is 4.74. The largest absolute Gasteiger partial charge is 0.311 e. The summed E-state index contributed by atoms with van der Waals surface area (Å²) in [5.74, 6) is 1.80. The van der Waals surface area contributed by atoms with Crippen LogP contribution < -0.4 is 5.32 Å². The highest BCUT2D eigenvalue weighted by atomic mass is 15.1. The fourth-order valence-electron chi connectivity index (χ4n) is 3.13. The maximum atomic E-state index is 3.61. The zero-order chi connectivity index (χ0) is 13.8. The summed E-state index contributed by atoms with van der Waals surface area (Å²) in [5.41, 5.74) is 3.00. The number of nitrogens with one attached hydrogen (secondary N) is 1. The van der Waals surface area contributed by atoms with Gasteiger partial charge in [-0.3, -0.25) is 0 Å². The Balaban J connectivity index is 1.36. The molecule has 1 aromatic carbocycles. The Morgan fingerprint density at radius 1 is 1.15 bits per heavy atom. The van der Waals surface area contributed by atoms with Crippen molar-refractivity contribution in [2.45, 2.75) is 45.1 Å². The predicted octanol–water partition coefficient (Wildman–Crippen LogP) is 3.39. The van der Waals surface area contributed by atoms with E-state index >= 15 is 0 Å². The third-order valence-electron chi connectivity index (χ3n) is 4.81. The number of likely N-dealkylation sites (tertiary alicyclic amines) is 1. The van der Waals surface area contributed by atoms with Crippen molar-refractivity contribution in [2.24, 2.45) is 5.92 Å². The van der Waals surface area contributed by atoms with Crippen molar-refractivity contribution in [3.05, 3.63) is 35.4 Å². The minimum absolute atomic E-state index is 0.866. The lowest BCUT2D eigenvalue weighted by atomic mass is 9.99. The van der Waals surface area contributed by atoms with Gasteiger partial charge in [-0.25, -0.2) is 0 Å². The second-order valence-electron chi connectivity index (χ2n) is 6.72. The van der Waals surface area contributed by atoms with Gasteiger partial charge >= 0.3 is 0 Å². The Bertz CT molecular complexity index is 417. The Labute approximate surface area is 123 Å². The summed E-state index contributed by atoms with van der Waals surface area (Å²) in [5, 5.41) is 3.61. The topological polar surface area (TPSA) is 15.3 Å². The van der Waals surface area contributed by atoms with Gasteiger partial charge in [0, 0.05) is 19.6 Å². The van der Waals surface area contributed by atoms with Gasteiger partial charge in [0.05, 0.1) is 0 Å². The van der Waals surface area contributed by atoms with Crippen LogP contribution in [-0.4, -0.2) is 31.1 Å². The molecule has 20 heavy (non-hydrogen) atoms. The highest BCUT2D eigenvalue weighted by molar-refractivity contribution is 5.29. The lowest BCUT2D eigenvalue weighted by Crippen LogP contribution is -2.37. The van der Waals surface area contributed by atoms with Crippen LogP contribution in [-0.2, 0) is 6.54 Å². The number of hydrogen-bond acceptors (Lipinski definition) is 2. The summed E-state index contributed by atoms with van der Waals surface area (Å²) in [6.07, 6.45) is 5.54. The van der Waals surface area contributed by atoms with Crippen LogP contribution >= 0.6 is 0 Å². The Morgan fingerprint density at radius 2 is 1.95 bits per heavy atom. The van der Waals surface area contributed by atoms with Crippen molar-refractivity contribution in [1.82, 2.24) is 10.2 Å². The number of benzene rings is 1.